The highest BCUT2D eigenvalue weighted by Gasteiger charge is 2.15. The number of ether oxygens (including phenoxy) is 1. The fourth-order valence-corrected chi connectivity index (χ4v) is 1.93. The zero-order valence-corrected chi connectivity index (χ0v) is 10.4. The molecule has 0 atom stereocenters. The van der Waals surface area contributed by atoms with E-state index in [4.69, 9.17) is 4.74 Å². The fraction of sp³-hybridized carbons (Fsp3) is 0.231. The largest absolute Gasteiger partial charge is 0.490 e. The van der Waals surface area contributed by atoms with E-state index in [0.717, 1.165) is 36.1 Å². The van der Waals surface area contributed by atoms with Gasteiger partial charge in [0.05, 0.1) is 24.6 Å². The maximum atomic E-state index is 12.7. The Bertz CT molecular complexity index is 588. The molecule has 0 radical (unpaired) electrons. The molecule has 1 aliphatic rings. The molecule has 0 fully saturated rings. The molecule has 2 heterocycles. The van der Waals surface area contributed by atoms with E-state index in [-0.39, 0.29) is 0 Å². The molecule has 2 aromatic rings. The minimum atomic E-state index is -0.455. The summed E-state index contributed by atoms with van der Waals surface area (Å²) in [4.78, 5) is 9.85. The normalized spacial score (nSPS) is 13.7. The highest BCUT2D eigenvalue weighted by molar-refractivity contribution is 5.68. The molecule has 3 rings (SSSR count). The first kappa shape index (κ1) is 11.7. The number of aromatic nitrogens is 2. The molecule has 0 bridgehead atoms. The second kappa shape index (κ2) is 4.72. The van der Waals surface area contributed by atoms with Crippen molar-refractivity contribution >= 4 is 17.3 Å². The summed E-state index contributed by atoms with van der Waals surface area (Å²) < 4.78 is 18.3. The number of likely N-dealkylation sites (N-methyl/N-ethyl adjacent to an activating group) is 1. The van der Waals surface area contributed by atoms with Crippen LogP contribution in [0, 0.1) is 5.82 Å². The number of nitrogens with zero attached hydrogens (tertiary/aromatic N) is 3. The summed E-state index contributed by atoms with van der Waals surface area (Å²) in [7, 11) is 2.01. The Morgan fingerprint density at radius 1 is 1.32 bits per heavy atom. The molecule has 0 aliphatic carbocycles. The third-order valence-electron chi connectivity index (χ3n) is 2.93. The molecule has 5 nitrogen and oxygen atoms in total. The average Bonchev–Trinajstić information content (AvgIpc) is 2.42. The van der Waals surface area contributed by atoms with Crippen molar-refractivity contribution in [3.05, 3.63) is 36.4 Å². The number of anilines is 3. The van der Waals surface area contributed by atoms with Gasteiger partial charge in [-0.25, -0.2) is 14.4 Å². The van der Waals surface area contributed by atoms with Gasteiger partial charge in [0.2, 0.25) is 5.95 Å². The van der Waals surface area contributed by atoms with Crippen LogP contribution in [-0.2, 0) is 0 Å². The fourth-order valence-electron chi connectivity index (χ4n) is 1.93. The lowest BCUT2D eigenvalue weighted by molar-refractivity contribution is 0.311. The average molecular weight is 260 g/mol. The lowest BCUT2D eigenvalue weighted by Crippen LogP contribution is -2.28. The summed E-state index contributed by atoms with van der Waals surface area (Å²) in [6.07, 6.45) is 2.26. The van der Waals surface area contributed by atoms with Crippen molar-refractivity contribution in [2.75, 3.05) is 30.4 Å². The van der Waals surface area contributed by atoms with Crippen LogP contribution in [0.4, 0.5) is 21.7 Å². The lowest BCUT2D eigenvalue weighted by Gasteiger charge is -2.28. The van der Waals surface area contributed by atoms with Crippen LogP contribution in [0.1, 0.15) is 0 Å². The molecule has 1 aromatic carbocycles. The SMILES string of the molecule is CN1CCOc2ccc(Nc3ncc(F)cn3)cc21. The topological polar surface area (TPSA) is 50.3 Å². The maximum Gasteiger partial charge on any atom is 0.227 e. The standard InChI is InChI=1S/C13H13FN4O/c1-18-4-5-19-12-3-2-10(6-11(12)18)17-13-15-7-9(14)8-16-13/h2-3,6-8H,4-5H2,1H3,(H,15,16,17). The van der Waals surface area contributed by atoms with Gasteiger partial charge >= 0.3 is 0 Å². The first-order valence-electron chi connectivity index (χ1n) is 5.95. The van der Waals surface area contributed by atoms with Gasteiger partial charge in [0, 0.05) is 12.7 Å². The zero-order chi connectivity index (χ0) is 13.2. The maximum absolute atomic E-state index is 12.7. The van der Waals surface area contributed by atoms with Gasteiger partial charge in [0.1, 0.15) is 12.4 Å². The van der Waals surface area contributed by atoms with Gasteiger partial charge in [-0.05, 0) is 18.2 Å². The first-order chi connectivity index (χ1) is 9.22. The Balaban J connectivity index is 1.85. The second-order valence-corrected chi connectivity index (χ2v) is 4.30. The molecule has 1 N–H and O–H groups in total. The molecule has 19 heavy (non-hydrogen) atoms. The van der Waals surface area contributed by atoms with Gasteiger partial charge in [-0.15, -0.1) is 0 Å². The molecule has 0 saturated heterocycles. The summed E-state index contributed by atoms with van der Waals surface area (Å²) >= 11 is 0. The minimum absolute atomic E-state index is 0.362. The van der Waals surface area contributed by atoms with E-state index in [1.54, 1.807) is 0 Å². The van der Waals surface area contributed by atoms with Gasteiger partial charge < -0.3 is 15.0 Å². The van der Waals surface area contributed by atoms with Crippen molar-refractivity contribution in [2.45, 2.75) is 0 Å². The minimum Gasteiger partial charge on any atom is -0.490 e. The van der Waals surface area contributed by atoms with Gasteiger partial charge in [0.25, 0.3) is 0 Å². The molecule has 0 amide bonds. The van der Waals surface area contributed by atoms with Crippen LogP contribution in [-0.4, -0.2) is 30.2 Å². The van der Waals surface area contributed by atoms with Gasteiger partial charge in [0.15, 0.2) is 5.82 Å². The summed E-state index contributed by atoms with van der Waals surface area (Å²) in [6.45, 7) is 1.54. The van der Waals surface area contributed by atoms with Crippen molar-refractivity contribution in [2.24, 2.45) is 0 Å². The number of hydrogen-bond acceptors (Lipinski definition) is 5. The second-order valence-electron chi connectivity index (χ2n) is 4.30. The van der Waals surface area contributed by atoms with Crippen LogP contribution >= 0.6 is 0 Å². The smallest absolute Gasteiger partial charge is 0.227 e. The van der Waals surface area contributed by atoms with Gasteiger partial charge in [-0.1, -0.05) is 0 Å². The molecule has 0 unspecified atom stereocenters. The van der Waals surface area contributed by atoms with Crippen molar-refractivity contribution in [3.63, 3.8) is 0 Å². The van der Waals surface area contributed by atoms with E-state index in [1.165, 1.54) is 0 Å². The van der Waals surface area contributed by atoms with Gasteiger partial charge in [-0.3, -0.25) is 0 Å². The third-order valence-corrected chi connectivity index (χ3v) is 2.93. The zero-order valence-electron chi connectivity index (χ0n) is 10.4. The summed E-state index contributed by atoms with van der Waals surface area (Å²) in [5.74, 6) is 0.768. The van der Waals surface area contributed by atoms with E-state index >= 15 is 0 Å². The van der Waals surface area contributed by atoms with Crippen molar-refractivity contribution in [1.29, 1.82) is 0 Å². The quantitative estimate of drug-likeness (QED) is 0.897. The van der Waals surface area contributed by atoms with Crippen LogP contribution in [0.25, 0.3) is 0 Å². The Morgan fingerprint density at radius 3 is 2.89 bits per heavy atom. The molecular weight excluding hydrogens is 247 g/mol. The van der Waals surface area contributed by atoms with Crippen molar-refractivity contribution < 1.29 is 9.13 Å². The van der Waals surface area contributed by atoms with E-state index < -0.39 is 5.82 Å². The van der Waals surface area contributed by atoms with Crippen LogP contribution in [0.15, 0.2) is 30.6 Å². The Kier molecular flexibility index (Phi) is 2.91. The predicted octanol–water partition coefficient (Wildman–Crippen LogP) is 2.19. The summed E-state index contributed by atoms with van der Waals surface area (Å²) in [6, 6.07) is 5.74. The van der Waals surface area contributed by atoms with Crippen LogP contribution in [0.2, 0.25) is 0 Å². The molecule has 1 aliphatic heterocycles. The number of halogens is 1. The van der Waals surface area contributed by atoms with Crippen LogP contribution < -0.4 is 15.0 Å². The predicted molar refractivity (Wildman–Crippen MR) is 70.5 cm³/mol. The van der Waals surface area contributed by atoms with Crippen LogP contribution in [0.5, 0.6) is 5.75 Å². The molecule has 0 saturated carbocycles. The van der Waals surface area contributed by atoms with E-state index in [1.807, 2.05) is 25.2 Å². The first-order valence-corrected chi connectivity index (χ1v) is 5.95. The highest BCUT2D eigenvalue weighted by Crippen LogP contribution is 2.33. The molecule has 1 aromatic heterocycles. The van der Waals surface area contributed by atoms with E-state index in [2.05, 4.69) is 20.2 Å². The third kappa shape index (κ3) is 2.42. The molecule has 0 spiro atoms. The monoisotopic (exact) mass is 260 g/mol. The molecule has 6 heteroatoms. The van der Waals surface area contributed by atoms with Crippen molar-refractivity contribution in [3.8, 4) is 5.75 Å². The molecule has 98 valence electrons. The Hall–Kier alpha value is -2.37. The van der Waals surface area contributed by atoms with E-state index in [9.17, 15) is 4.39 Å². The summed E-state index contributed by atoms with van der Waals surface area (Å²) in [5.41, 5.74) is 1.85. The van der Waals surface area contributed by atoms with Crippen molar-refractivity contribution in [1.82, 2.24) is 9.97 Å². The molecular formula is C13H13FN4O. The van der Waals surface area contributed by atoms with Gasteiger partial charge in [-0.2, -0.15) is 0 Å². The highest BCUT2D eigenvalue weighted by atomic mass is 19.1. The number of benzene rings is 1. The Morgan fingerprint density at radius 2 is 2.11 bits per heavy atom. The number of fused-ring (bicyclic) bond motifs is 1. The number of hydrogen-bond donors (Lipinski definition) is 1. The van der Waals surface area contributed by atoms with E-state index in [0.29, 0.717) is 12.6 Å². The number of rotatable bonds is 2. The lowest BCUT2D eigenvalue weighted by atomic mass is 10.2. The Labute approximate surface area is 110 Å². The summed E-state index contributed by atoms with van der Waals surface area (Å²) in [5, 5.41) is 3.03. The number of nitrogens with one attached hydrogen (secondary N) is 1. The van der Waals surface area contributed by atoms with Crippen LogP contribution in [0.3, 0.4) is 0 Å².